The largest absolute Gasteiger partial charge is 0.340 e. The Labute approximate surface area is 149 Å². The number of nitrogens with one attached hydrogen (secondary N) is 2. The molecule has 0 atom stereocenters. The molecule has 0 saturated heterocycles. The Morgan fingerprint density at radius 3 is 2.64 bits per heavy atom. The molecule has 4 nitrogen and oxygen atoms in total. The number of hydrogen-bond acceptors (Lipinski definition) is 3. The van der Waals surface area contributed by atoms with Crippen LogP contribution in [0.1, 0.15) is 15.9 Å². The first-order chi connectivity index (χ1) is 12.0. The van der Waals surface area contributed by atoms with Crippen molar-refractivity contribution in [2.24, 2.45) is 0 Å². The number of carbonyl (C=O) groups is 1. The highest BCUT2D eigenvalue weighted by Gasteiger charge is 2.10. The minimum absolute atomic E-state index is 0.282. The van der Waals surface area contributed by atoms with Crippen molar-refractivity contribution >= 4 is 34.7 Å². The smallest absolute Gasteiger partial charge is 0.257 e. The lowest BCUT2D eigenvalue weighted by Gasteiger charge is -2.10. The molecule has 3 aromatic rings. The van der Waals surface area contributed by atoms with Gasteiger partial charge in [0.15, 0.2) is 0 Å². The number of pyridine rings is 1. The number of rotatable bonds is 4. The van der Waals surface area contributed by atoms with E-state index in [1.807, 2.05) is 6.92 Å². The molecule has 2 aromatic carbocycles. The second-order valence-corrected chi connectivity index (χ2v) is 5.84. The van der Waals surface area contributed by atoms with Crippen LogP contribution in [0.4, 0.5) is 21.6 Å². The highest BCUT2D eigenvalue weighted by atomic mass is 35.5. The Balaban J connectivity index is 1.71. The minimum atomic E-state index is -0.335. The molecule has 126 valence electrons. The Morgan fingerprint density at radius 1 is 1.12 bits per heavy atom. The molecule has 1 heterocycles. The fraction of sp³-hybridized carbons (Fsp3) is 0.0526. The van der Waals surface area contributed by atoms with Crippen LogP contribution in [-0.4, -0.2) is 10.9 Å². The van der Waals surface area contributed by atoms with Crippen LogP contribution in [0.5, 0.6) is 0 Å². The Bertz CT molecular complexity index is 913. The van der Waals surface area contributed by atoms with Gasteiger partial charge in [0.1, 0.15) is 11.6 Å². The van der Waals surface area contributed by atoms with Crippen molar-refractivity contribution in [2.75, 3.05) is 10.6 Å². The Morgan fingerprint density at radius 2 is 1.92 bits per heavy atom. The maximum atomic E-state index is 13.2. The summed E-state index contributed by atoms with van der Waals surface area (Å²) >= 11 is 6.05. The Kier molecular flexibility index (Phi) is 4.95. The predicted molar refractivity (Wildman–Crippen MR) is 98.1 cm³/mol. The van der Waals surface area contributed by atoms with Gasteiger partial charge in [-0.25, -0.2) is 9.37 Å². The molecule has 0 aliphatic heterocycles. The summed E-state index contributed by atoms with van der Waals surface area (Å²) in [7, 11) is 0. The van der Waals surface area contributed by atoms with E-state index in [1.165, 1.54) is 18.3 Å². The number of nitrogens with zero attached hydrogens (tertiary/aromatic N) is 1. The van der Waals surface area contributed by atoms with E-state index in [0.717, 1.165) is 5.56 Å². The van der Waals surface area contributed by atoms with Gasteiger partial charge in [0.2, 0.25) is 0 Å². The number of anilines is 3. The molecule has 1 amide bonds. The van der Waals surface area contributed by atoms with Gasteiger partial charge >= 0.3 is 0 Å². The van der Waals surface area contributed by atoms with E-state index in [1.54, 1.807) is 42.5 Å². The quantitative estimate of drug-likeness (QED) is 0.678. The number of aromatic nitrogens is 1. The normalized spacial score (nSPS) is 10.4. The standard InChI is InChI=1S/C19H15ClFN3O/c1-12-16(20)6-3-7-17(12)24-19(25)13-8-9-18(22-11-13)23-15-5-2-4-14(21)10-15/h2-11H,1H3,(H,22,23)(H,24,25). The van der Waals surface area contributed by atoms with Crippen LogP contribution in [0.25, 0.3) is 0 Å². The molecule has 0 radical (unpaired) electrons. The number of benzene rings is 2. The van der Waals surface area contributed by atoms with Crippen molar-refractivity contribution in [3.05, 3.63) is 82.8 Å². The van der Waals surface area contributed by atoms with Crippen molar-refractivity contribution in [3.8, 4) is 0 Å². The molecule has 3 rings (SSSR count). The average molecular weight is 356 g/mol. The average Bonchev–Trinajstić information content (AvgIpc) is 2.59. The molecular formula is C19H15ClFN3O. The van der Waals surface area contributed by atoms with E-state index in [9.17, 15) is 9.18 Å². The molecule has 6 heteroatoms. The Hall–Kier alpha value is -2.92. The van der Waals surface area contributed by atoms with Gasteiger partial charge in [0.25, 0.3) is 5.91 Å². The molecule has 0 spiro atoms. The zero-order valence-electron chi connectivity index (χ0n) is 13.4. The van der Waals surface area contributed by atoms with Gasteiger partial charge in [-0.1, -0.05) is 23.7 Å². The van der Waals surface area contributed by atoms with Crippen LogP contribution in [-0.2, 0) is 0 Å². The number of halogens is 2. The van der Waals surface area contributed by atoms with Gasteiger partial charge < -0.3 is 10.6 Å². The first-order valence-corrected chi connectivity index (χ1v) is 7.96. The third-order valence-corrected chi connectivity index (χ3v) is 4.05. The van der Waals surface area contributed by atoms with Crippen LogP contribution < -0.4 is 10.6 Å². The lowest BCUT2D eigenvalue weighted by atomic mass is 10.2. The molecule has 1 aromatic heterocycles. The molecule has 0 saturated carbocycles. The molecule has 0 fully saturated rings. The summed E-state index contributed by atoms with van der Waals surface area (Å²) in [5.74, 6) is -0.103. The van der Waals surface area contributed by atoms with E-state index in [-0.39, 0.29) is 11.7 Å². The summed E-state index contributed by atoms with van der Waals surface area (Å²) in [4.78, 5) is 16.5. The summed E-state index contributed by atoms with van der Waals surface area (Å²) in [6.07, 6.45) is 1.46. The van der Waals surface area contributed by atoms with Gasteiger partial charge in [-0.05, 0) is 55.0 Å². The first kappa shape index (κ1) is 16.9. The highest BCUT2D eigenvalue weighted by molar-refractivity contribution is 6.31. The van der Waals surface area contributed by atoms with Gasteiger partial charge in [-0.2, -0.15) is 0 Å². The van der Waals surface area contributed by atoms with Gasteiger partial charge in [0, 0.05) is 22.6 Å². The molecule has 25 heavy (non-hydrogen) atoms. The fourth-order valence-electron chi connectivity index (χ4n) is 2.25. The van der Waals surface area contributed by atoms with Crippen LogP contribution in [0.2, 0.25) is 5.02 Å². The SMILES string of the molecule is Cc1c(Cl)cccc1NC(=O)c1ccc(Nc2cccc(F)c2)nc1. The topological polar surface area (TPSA) is 54.0 Å². The van der Waals surface area contributed by atoms with Crippen molar-refractivity contribution in [1.82, 2.24) is 4.98 Å². The molecule has 0 unspecified atom stereocenters. The fourth-order valence-corrected chi connectivity index (χ4v) is 2.43. The second-order valence-electron chi connectivity index (χ2n) is 5.43. The third kappa shape index (κ3) is 4.14. The maximum Gasteiger partial charge on any atom is 0.257 e. The van der Waals surface area contributed by atoms with Gasteiger partial charge in [0.05, 0.1) is 5.56 Å². The van der Waals surface area contributed by atoms with E-state index in [4.69, 9.17) is 11.6 Å². The lowest BCUT2D eigenvalue weighted by Crippen LogP contribution is -2.13. The van der Waals surface area contributed by atoms with Crippen LogP contribution in [0, 0.1) is 12.7 Å². The summed E-state index contributed by atoms with van der Waals surface area (Å²) in [5.41, 5.74) is 2.44. The molecule has 0 aliphatic rings. The molecule has 0 aliphatic carbocycles. The molecule has 0 bridgehead atoms. The van der Waals surface area contributed by atoms with Crippen molar-refractivity contribution in [2.45, 2.75) is 6.92 Å². The van der Waals surface area contributed by atoms with Gasteiger partial charge in [-0.15, -0.1) is 0 Å². The van der Waals surface area contributed by atoms with E-state index >= 15 is 0 Å². The summed E-state index contributed by atoms with van der Waals surface area (Å²) in [6, 6.07) is 14.7. The second kappa shape index (κ2) is 7.32. The molecular weight excluding hydrogens is 341 g/mol. The zero-order chi connectivity index (χ0) is 17.8. The first-order valence-electron chi connectivity index (χ1n) is 7.58. The monoisotopic (exact) mass is 355 g/mol. The van der Waals surface area contributed by atoms with E-state index < -0.39 is 0 Å². The number of carbonyl (C=O) groups excluding carboxylic acids is 1. The molecule has 2 N–H and O–H groups in total. The number of hydrogen-bond donors (Lipinski definition) is 2. The minimum Gasteiger partial charge on any atom is -0.340 e. The van der Waals surface area contributed by atoms with Crippen LogP contribution >= 0.6 is 11.6 Å². The van der Waals surface area contributed by atoms with Crippen LogP contribution in [0.3, 0.4) is 0 Å². The third-order valence-electron chi connectivity index (χ3n) is 3.64. The lowest BCUT2D eigenvalue weighted by molar-refractivity contribution is 0.102. The number of amides is 1. The summed E-state index contributed by atoms with van der Waals surface area (Å²) in [6.45, 7) is 1.84. The predicted octanol–water partition coefficient (Wildman–Crippen LogP) is 5.18. The van der Waals surface area contributed by atoms with Crippen molar-refractivity contribution in [3.63, 3.8) is 0 Å². The van der Waals surface area contributed by atoms with Gasteiger partial charge in [-0.3, -0.25) is 4.79 Å². The summed E-state index contributed by atoms with van der Waals surface area (Å²) < 4.78 is 13.2. The van der Waals surface area contributed by atoms with Crippen molar-refractivity contribution in [1.29, 1.82) is 0 Å². The van der Waals surface area contributed by atoms with E-state index in [0.29, 0.717) is 27.8 Å². The zero-order valence-corrected chi connectivity index (χ0v) is 14.1. The summed E-state index contributed by atoms with van der Waals surface area (Å²) in [5, 5.41) is 6.38. The maximum absolute atomic E-state index is 13.2. The van der Waals surface area contributed by atoms with E-state index in [2.05, 4.69) is 15.6 Å². The highest BCUT2D eigenvalue weighted by Crippen LogP contribution is 2.23. The van der Waals surface area contributed by atoms with Crippen LogP contribution in [0.15, 0.2) is 60.8 Å². The van der Waals surface area contributed by atoms with Crippen molar-refractivity contribution < 1.29 is 9.18 Å².